The van der Waals surface area contributed by atoms with Gasteiger partial charge in [0.1, 0.15) is 0 Å². The lowest BCUT2D eigenvalue weighted by molar-refractivity contribution is 0.278. The van der Waals surface area contributed by atoms with Crippen molar-refractivity contribution in [3.63, 3.8) is 0 Å². The lowest BCUT2D eigenvalue weighted by Crippen LogP contribution is -2.19. The van der Waals surface area contributed by atoms with E-state index in [9.17, 15) is 0 Å². The van der Waals surface area contributed by atoms with Crippen molar-refractivity contribution in [2.24, 2.45) is 11.7 Å². The molecule has 2 heteroatoms. The van der Waals surface area contributed by atoms with Crippen molar-refractivity contribution in [3.8, 4) is 0 Å². The van der Waals surface area contributed by atoms with Gasteiger partial charge < -0.3 is 5.73 Å². The van der Waals surface area contributed by atoms with Crippen LogP contribution >= 0.6 is 11.3 Å². The van der Waals surface area contributed by atoms with Crippen LogP contribution in [0.15, 0.2) is 6.07 Å². The van der Waals surface area contributed by atoms with E-state index in [4.69, 9.17) is 5.73 Å². The third kappa shape index (κ3) is 1.85. The Morgan fingerprint density at radius 2 is 2.20 bits per heavy atom. The van der Waals surface area contributed by atoms with Gasteiger partial charge in [0.2, 0.25) is 0 Å². The van der Waals surface area contributed by atoms with Crippen molar-refractivity contribution in [2.45, 2.75) is 51.0 Å². The van der Waals surface area contributed by atoms with Gasteiger partial charge in [-0.15, -0.1) is 11.3 Å². The summed E-state index contributed by atoms with van der Waals surface area (Å²) < 4.78 is 0. The highest BCUT2D eigenvalue weighted by molar-refractivity contribution is 7.12. The van der Waals surface area contributed by atoms with Crippen molar-refractivity contribution in [1.29, 1.82) is 0 Å². The molecule has 2 aliphatic carbocycles. The van der Waals surface area contributed by atoms with Gasteiger partial charge in [0.15, 0.2) is 0 Å². The normalized spacial score (nSPS) is 22.5. The van der Waals surface area contributed by atoms with Crippen molar-refractivity contribution in [1.82, 2.24) is 0 Å². The first-order chi connectivity index (χ1) is 7.33. The van der Waals surface area contributed by atoms with E-state index in [0.29, 0.717) is 6.04 Å². The van der Waals surface area contributed by atoms with Crippen LogP contribution in [0.4, 0.5) is 0 Å². The lowest BCUT2D eigenvalue weighted by Gasteiger charge is -2.27. The van der Waals surface area contributed by atoms with Crippen molar-refractivity contribution >= 4 is 11.3 Å². The van der Waals surface area contributed by atoms with Gasteiger partial charge in [-0.1, -0.05) is 19.3 Å². The highest BCUT2D eigenvalue weighted by atomic mass is 32.1. The molecule has 1 fully saturated rings. The van der Waals surface area contributed by atoms with Gasteiger partial charge in [-0.3, -0.25) is 0 Å². The molecule has 2 N–H and O–H groups in total. The van der Waals surface area contributed by atoms with Gasteiger partial charge in [0, 0.05) is 15.8 Å². The molecule has 1 saturated carbocycles. The Kier molecular flexibility index (Phi) is 2.57. The Bertz CT molecular complexity index is 330. The van der Waals surface area contributed by atoms with Crippen LogP contribution in [0.25, 0.3) is 0 Å². The monoisotopic (exact) mass is 221 g/mol. The second kappa shape index (κ2) is 3.91. The van der Waals surface area contributed by atoms with E-state index in [-0.39, 0.29) is 0 Å². The maximum absolute atomic E-state index is 6.28. The molecule has 1 nitrogen and oxygen atoms in total. The number of hydrogen-bond acceptors (Lipinski definition) is 2. The fourth-order valence-electron chi connectivity index (χ4n) is 2.74. The predicted octanol–water partition coefficient (Wildman–Crippen LogP) is 3.43. The molecule has 15 heavy (non-hydrogen) atoms. The fraction of sp³-hybridized carbons (Fsp3) is 0.692. The summed E-state index contributed by atoms with van der Waals surface area (Å²) in [4.78, 5) is 3.07. The molecule has 2 aliphatic rings. The molecule has 0 spiro atoms. The van der Waals surface area contributed by atoms with Gasteiger partial charge in [-0.25, -0.2) is 0 Å². The SMILES string of the molecule is NC(CC1CCC1)c1cc2c(s1)CCC2. The minimum Gasteiger partial charge on any atom is -0.323 e. The average Bonchev–Trinajstić information content (AvgIpc) is 2.69. The highest BCUT2D eigenvalue weighted by Gasteiger charge is 2.23. The van der Waals surface area contributed by atoms with E-state index in [1.54, 1.807) is 10.4 Å². The number of nitrogens with two attached hydrogens (primary N) is 1. The van der Waals surface area contributed by atoms with Crippen LogP contribution in [-0.2, 0) is 12.8 Å². The quantitative estimate of drug-likeness (QED) is 0.831. The van der Waals surface area contributed by atoms with E-state index < -0.39 is 0 Å². The van der Waals surface area contributed by atoms with Crippen LogP contribution in [0.5, 0.6) is 0 Å². The molecule has 1 unspecified atom stereocenters. The van der Waals surface area contributed by atoms with Crippen molar-refractivity contribution in [2.75, 3.05) is 0 Å². The first kappa shape index (κ1) is 9.86. The Balaban J connectivity index is 1.68. The molecule has 0 bridgehead atoms. The molecule has 0 saturated heterocycles. The summed E-state index contributed by atoms with van der Waals surface area (Å²) >= 11 is 1.98. The van der Waals surface area contributed by atoms with Gasteiger partial charge >= 0.3 is 0 Å². The topological polar surface area (TPSA) is 26.0 Å². The fourth-order valence-corrected chi connectivity index (χ4v) is 4.01. The third-order valence-electron chi connectivity index (χ3n) is 3.94. The molecular formula is C13H19NS. The van der Waals surface area contributed by atoms with Gasteiger partial charge in [-0.05, 0) is 43.2 Å². The summed E-state index contributed by atoms with van der Waals surface area (Å²) in [5, 5.41) is 0. The summed E-state index contributed by atoms with van der Waals surface area (Å²) in [6.07, 6.45) is 9.44. The number of fused-ring (bicyclic) bond motifs is 1. The zero-order valence-electron chi connectivity index (χ0n) is 9.17. The van der Waals surface area contributed by atoms with Crippen molar-refractivity contribution in [3.05, 3.63) is 21.4 Å². The van der Waals surface area contributed by atoms with Crippen molar-refractivity contribution < 1.29 is 0 Å². The van der Waals surface area contributed by atoms with Crippen LogP contribution in [0.2, 0.25) is 0 Å². The van der Waals surface area contributed by atoms with E-state index in [0.717, 1.165) is 5.92 Å². The third-order valence-corrected chi connectivity index (χ3v) is 5.31. The zero-order chi connectivity index (χ0) is 10.3. The number of rotatable bonds is 3. The summed E-state index contributed by atoms with van der Waals surface area (Å²) in [6.45, 7) is 0. The van der Waals surface area contributed by atoms with Crippen LogP contribution < -0.4 is 5.73 Å². The smallest absolute Gasteiger partial charge is 0.0392 e. The predicted molar refractivity (Wildman–Crippen MR) is 65.2 cm³/mol. The standard InChI is InChI=1S/C13H19NS/c14-11(7-9-3-1-4-9)13-8-10-5-2-6-12(10)15-13/h8-9,11H,1-7,14H2. The highest BCUT2D eigenvalue weighted by Crippen LogP contribution is 2.38. The summed E-state index contributed by atoms with van der Waals surface area (Å²) in [7, 11) is 0. The van der Waals surface area contributed by atoms with Crippen LogP contribution in [-0.4, -0.2) is 0 Å². The molecule has 3 rings (SSSR count). The van der Waals surface area contributed by atoms with E-state index in [1.807, 2.05) is 11.3 Å². The molecule has 0 amide bonds. The second-order valence-corrected chi connectivity index (χ2v) is 6.26. The first-order valence-electron chi connectivity index (χ1n) is 6.20. The van der Waals surface area contributed by atoms with Crippen LogP contribution in [0.3, 0.4) is 0 Å². The molecule has 1 atom stereocenters. The molecule has 0 aromatic carbocycles. The van der Waals surface area contributed by atoms with Crippen LogP contribution in [0, 0.1) is 5.92 Å². The molecule has 1 aromatic rings. The minimum absolute atomic E-state index is 0.325. The molecule has 0 radical (unpaired) electrons. The largest absolute Gasteiger partial charge is 0.323 e. The molecule has 1 aromatic heterocycles. The average molecular weight is 221 g/mol. The Hall–Kier alpha value is -0.340. The Labute approximate surface area is 95.7 Å². The van der Waals surface area contributed by atoms with E-state index >= 15 is 0 Å². The summed E-state index contributed by atoms with van der Waals surface area (Å²) in [5.74, 6) is 0.928. The molecule has 0 aliphatic heterocycles. The minimum atomic E-state index is 0.325. The first-order valence-corrected chi connectivity index (χ1v) is 7.01. The second-order valence-electron chi connectivity index (χ2n) is 5.09. The summed E-state index contributed by atoms with van der Waals surface area (Å²) in [6, 6.07) is 2.71. The van der Waals surface area contributed by atoms with E-state index in [1.165, 1.54) is 49.8 Å². The lowest BCUT2D eigenvalue weighted by atomic mass is 9.81. The maximum atomic E-state index is 6.28. The van der Waals surface area contributed by atoms with E-state index in [2.05, 4.69) is 6.07 Å². The van der Waals surface area contributed by atoms with Crippen LogP contribution in [0.1, 0.15) is 53.5 Å². The number of aryl methyl sites for hydroxylation is 2. The molecule has 82 valence electrons. The van der Waals surface area contributed by atoms with Gasteiger partial charge in [0.05, 0.1) is 0 Å². The van der Waals surface area contributed by atoms with Gasteiger partial charge in [0.25, 0.3) is 0 Å². The summed E-state index contributed by atoms with van der Waals surface area (Å²) in [5.41, 5.74) is 7.87. The maximum Gasteiger partial charge on any atom is 0.0392 e. The molecular weight excluding hydrogens is 202 g/mol. The molecule has 1 heterocycles. The number of thiophene rings is 1. The number of hydrogen-bond donors (Lipinski definition) is 1. The zero-order valence-corrected chi connectivity index (χ0v) is 9.98. The van der Waals surface area contributed by atoms with Gasteiger partial charge in [-0.2, -0.15) is 0 Å². The Morgan fingerprint density at radius 3 is 2.87 bits per heavy atom. The Morgan fingerprint density at radius 1 is 1.33 bits per heavy atom.